The van der Waals surface area contributed by atoms with Crippen molar-refractivity contribution < 1.29 is 19.3 Å². The molecule has 0 fully saturated rings. The Bertz CT molecular complexity index is 607. The zero-order valence-electron chi connectivity index (χ0n) is 12.1. The number of aliphatic hydroxyl groups excluding tert-OH is 1. The van der Waals surface area contributed by atoms with Crippen molar-refractivity contribution in [2.75, 3.05) is 14.2 Å². The molecular weight excluding hydrogens is 268 g/mol. The Kier molecular flexibility index (Phi) is 3.82. The highest BCUT2D eigenvalue weighted by molar-refractivity contribution is 5.49. The molecule has 0 amide bonds. The van der Waals surface area contributed by atoms with Crippen LogP contribution in [0.5, 0.6) is 11.5 Å². The van der Waals surface area contributed by atoms with Crippen LogP contribution in [0.3, 0.4) is 0 Å². The molecule has 2 aromatic carbocycles. The van der Waals surface area contributed by atoms with E-state index in [1.165, 1.54) is 0 Å². The van der Waals surface area contributed by atoms with E-state index in [9.17, 15) is 5.11 Å². The van der Waals surface area contributed by atoms with Gasteiger partial charge in [0.2, 0.25) is 0 Å². The van der Waals surface area contributed by atoms with E-state index >= 15 is 0 Å². The van der Waals surface area contributed by atoms with E-state index in [1.807, 2.05) is 42.5 Å². The molecule has 0 radical (unpaired) electrons. The Labute approximate surface area is 123 Å². The zero-order chi connectivity index (χ0) is 14.8. The van der Waals surface area contributed by atoms with Crippen molar-refractivity contribution in [3.05, 3.63) is 59.2 Å². The molecule has 110 valence electrons. The van der Waals surface area contributed by atoms with Gasteiger partial charge in [-0.15, -0.1) is 0 Å². The van der Waals surface area contributed by atoms with Gasteiger partial charge in [0.1, 0.15) is 11.5 Å². The molecule has 0 saturated carbocycles. The third-order valence-electron chi connectivity index (χ3n) is 3.86. The van der Waals surface area contributed by atoms with Gasteiger partial charge >= 0.3 is 0 Å². The van der Waals surface area contributed by atoms with Crippen molar-refractivity contribution in [3.8, 4) is 11.5 Å². The molecule has 2 aromatic rings. The molecule has 1 heterocycles. The highest BCUT2D eigenvalue weighted by Gasteiger charge is 2.33. The summed E-state index contributed by atoms with van der Waals surface area (Å²) in [6.07, 6.45) is -0.887. The first-order chi connectivity index (χ1) is 10.2. The van der Waals surface area contributed by atoms with Crippen molar-refractivity contribution in [2.45, 2.75) is 18.8 Å². The van der Waals surface area contributed by atoms with Gasteiger partial charge in [-0.25, -0.2) is 0 Å². The van der Waals surface area contributed by atoms with Gasteiger partial charge in [-0.3, -0.25) is 0 Å². The summed E-state index contributed by atoms with van der Waals surface area (Å²) in [6, 6.07) is 13.5. The standard InChI is InChI=1S/C17H18O4/c1-19-13-8-6-11(7-9-13)16-15-12(10-21-17(16)18)4-3-5-14(15)20-2/h3-9,16-18H,10H2,1-2H3. The first-order valence-electron chi connectivity index (χ1n) is 6.84. The largest absolute Gasteiger partial charge is 0.497 e. The second kappa shape index (κ2) is 5.76. The Morgan fingerprint density at radius 3 is 2.48 bits per heavy atom. The van der Waals surface area contributed by atoms with Gasteiger partial charge in [0.25, 0.3) is 0 Å². The fourth-order valence-corrected chi connectivity index (χ4v) is 2.80. The zero-order valence-corrected chi connectivity index (χ0v) is 12.1. The fraction of sp³-hybridized carbons (Fsp3) is 0.294. The number of hydrogen-bond acceptors (Lipinski definition) is 4. The summed E-state index contributed by atoms with van der Waals surface area (Å²) in [6.45, 7) is 0.389. The lowest BCUT2D eigenvalue weighted by atomic mass is 9.85. The molecule has 1 aliphatic rings. The number of aliphatic hydroxyl groups is 1. The van der Waals surface area contributed by atoms with Gasteiger partial charge in [-0.2, -0.15) is 0 Å². The maximum absolute atomic E-state index is 10.3. The highest BCUT2D eigenvalue weighted by atomic mass is 16.6. The topological polar surface area (TPSA) is 47.9 Å². The van der Waals surface area contributed by atoms with Crippen LogP contribution in [0.25, 0.3) is 0 Å². The summed E-state index contributed by atoms with van der Waals surface area (Å²) in [4.78, 5) is 0. The number of fused-ring (bicyclic) bond motifs is 1. The summed E-state index contributed by atoms with van der Waals surface area (Å²) in [5.74, 6) is 1.29. The van der Waals surface area contributed by atoms with Gasteiger partial charge in [0.05, 0.1) is 26.7 Å². The van der Waals surface area contributed by atoms with Crippen LogP contribution < -0.4 is 9.47 Å². The summed E-state index contributed by atoms with van der Waals surface area (Å²) in [5.41, 5.74) is 3.00. The van der Waals surface area contributed by atoms with Crippen molar-refractivity contribution >= 4 is 0 Å². The average Bonchev–Trinajstić information content (AvgIpc) is 2.54. The summed E-state index contributed by atoms with van der Waals surface area (Å²) in [7, 11) is 3.27. The number of ether oxygens (including phenoxy) is 3. The second-order valence-electron chi connectivity index (χ2n) is 4.99. The molecule has 3 rings (SSSR count). The van der Waals surface area contributed by atoms with Gasteiger partial charge < -0.3 is 19.3 Å². The molecule has 0 spiro atoms. The molecule has 1 N–H and O–H groups in total. The van der Waals surface area contributed by atoms with Crippen LogP contribution >= 0.6 is 0 Å². The minimum atomic E-state index is -0.887. The minimum Gasteiger partial charge on any atom is -0.497 e. The highest BCUT2D eigenvalue weighted by Crippen LogP contribution is 2.41. The third kappa shape index (κ3) is 2.48. The molecule has 4 heteroatoms. The smallest absolute Gasteiger partial charge is 0.166 e. The van der Waals surface area contributed by atoms with E-state index in [2.05, 4.69) is 0 Å². The molecule has 2 unspecified atom stereocenters. The predicted molar refractivity (Wildman–Crippen MR) is 78.6 cm³/mol. The lowest BCUT2D eigenvalue weighted by Crippen LogP contribution is -2.29. The van der Waals surface area contributed by atoms with Gasteiger partial charge in [0.15, 0.2) is 6.29 Å². The number of methoxy groups -OCH3 is 2. The molecule has 2 atom stereocenters. The summed E-state index contributed by atoms with van der Waals surface area (Å²) < 4.78 is 16.1. The Morgan fingerprint density at radius 1 is 1.05 bits per heavy atom. The first kappa shape index (κ1) is 13.9. The lowest BCUT2D eigenvalue weighted by Gasteiger charge is -2.32. The van der Waals surface area contributed by atoms with Crippen molar-refractivity contribution in [1.29, 1.82) is 0 Å². The van der Waals surface area contributed by atoms with Crippen LogP contribution in [0.1, 0.15) is 22.6 Å². The van der Waals surface area contributed by atoms with E-state index in [0.717, 1.165) is 28.2 Å². The maximum Gasteiger partial charge on any atom is 0.166 e. The molecular formula is C17H18O4. The molecule has 0 saturated heterocycles. The van der Waals surface area contributed by atoms with E-state index < -0.39 is 6.29 Å². The predicted octanol–water partition coefficient (Wildman–Crippen LogP) is 2.68. The van der Waals surface area contributed by atoms with Crippen LogP contribution in [-0.4, -0.2) is 25.6 Å². The van der Waals surface area contributed by atoms with Crippen LogP contribution in [-0.2, 0) is 11.3 Å². The first-order valence-corrected chi connectivity index (χ1v) is 6.84. The Balaban J connectivity index is 2.09. The number of benzene rings is 2. The summed E-state index contributed by atoms with van der Waals surface area (Å²) >= 11 is 0. The van der Waals surface area contributed by atoms with E-state index in [0.29, 0.717) is 6.61 Å². The van der Waals surface area contributed by atoms with E-state index in [-0.39, 0.29) is 5.92 Å². The molecule has 0 aromatic heterocycles. The normalized spacial score (nSPS) is 20.7. The molecule has 0 bridgehead atoms. The Hall–Kier alpha value is -2.04. The van der Waals surface area contributed by atoms with E-state index in [4.69, 9.17) is 14.2 Å². The quantitative estimate of drug-likeness (QED) is 0.942. The van der Waals surface area contributed by atoms with Crippen LogP contribution in [0, 0.1) is 0 Å². The number of rotatable bonds is 3. The molecule has 1 aliphatic heterocycles. The number of hydrogen-bond donors (Lipinski definition) is 1. The second-order valence-corrected chi connectivity index (χ2v) is 4.99. The third-order valence-corrected chi connectivity index (χ3v) is 3.86. The van der Waals surface area contributed by atoms with E-state index in [1.54, 1.807) is 14.2 Å². The van der Waals surface area contributed by atoms with Crippen LogP contribution in [0.4, 0.5) is 0 Å². The molecule has 21 heavy (non-hydrogen) atoms. The summed E-state index contributed by atoms with van der Waals surface area (Å²) in [5, 5.41) is 10.3. The SMILES string of the molecule is COc1ccc(C2c3c(cccc3OC)COC2O)cc1. The molecule has 0 aliphatic carbocycles. The van der Waals surface area contributed by atoms with Gasteiger partial charge in [-0.05, 0) is 29.3 Å². The van der Waals surface area contributed by atoms with Crippen LogP contribution in [0.2, 0.25) is 0 Å². The van der Waals surface area contributed by atoms with Gasteiger partial charge in [-0.1, -0.05) is 24.3 Å². The minimum absolute atomic E-state index is 0.268. The van der Waals surface area contributed by atoms with Gasteiger partial charge in [0, 0.05) is 5.56 Å². The molecule has 4 nitrogen and oxygen atoms in total. The average molecular weight is 286 g/mol. The van der Waals surface area contributed by atoms with Crippen LogP contribution in [0.15, 0.2) is 42.5 Å². The van der Waals surface area contributed by atoms with Crippen molar-refractivity contribution in [2.24, 2.45) is 0 Å². The lowest BCUT2D eigenvalue weighted by molar-refractivity contribution is -0.126. The fourth-order valence-electron chi connectivity index (χ4n) is 2.80. The van der Waals surface area contributed by atoms with Crippen molar-refractivity contribution in [3.63, 3.8) is 0 Å². The Morgan fingerprint density at radius 2 is 1.81 bits per heavy atom. The maximum atomic E-state index is 10.3. The monoisotopic (exact) mass is 286 g/mol. The van der Waals surface area contributed by atoms with Crippen molar-refractivity contribution in [1.82, 2.24) is 0 Å².